The van der Waals surface area contributed by atoms with E-state index in [1.54, 1.807) is 11.8 Å². The van der Waals surface area contributed by atoms with Gasteiger partial charge in [0.1, 0.15) is 0 Å². The van der Waals surface area contributed by atoms with Crippen molar-refractivity contribution in [2.45, 2.75) is 43.5 Å². The topological polar surface area (TPSA) is 40.5 Å². The molecule has 104 valence electrons. The summed E-state index contributed by atoms with van der Waals surface area (Å²) in [5.41, 5.74) is 2.62. The van der Waals surface area contributed by atoms with Crippen molar-refractivity contribution in [2.24, 2.45) is 0 Å². The zero-order valence-corrected chi connectivity index (χ0v) is 12.8. The number of hydrogen-bond donors (Lipinski definition) is 1. The predicted octanol–water partition coefficient (Wildman–Crippen LogP) is 3.37. The van der Waals surface area contributed by atoms with Gasteiger partial charge >= 0.3 is 5.97 Å². The van der Waals surface area contributed by atoms with Crippen molar-refractivity contribution in [3.63, 3.8) is 0 Å². The molecule has 4 heteroatoms. The maximum absolute atomic E-state index is 10.9. The van der Waals surface area contributed by atoms with Crippen LogP contribution in [0.1, 0.15) is 32.8 Å². The summed E-state index contributed by atoms with van der Waals surface area (Å²) in [4.78, 5) is 14.2. The van der Waals surface area contributed by atoms with E-state index < -0.39 is 5.97 Å². The van der Waals surface area contributed by atoms with E-state index in [1.807, 2.05) is 7.05 Å². The smallest absolute Gasteiger partial charge is 0.305 e. The number of aliphatic carboxylic acids is 1. The van der Waals surface area contributed by atoms with Crippen LogP contribution in [-0.2, 0) is 10.2 Å². The van der Waals surface area contributed by atoms with E-state index >= 15 is 0 Å². The van der Waals surface area contributed by atoms with Crippen LogP contribution < -0.4 is 4.90 Å². The first-order chi connectivity index (χ1) is 8.79. The Bertz CT molecular complexity index is 493. The zero-order valence-electron chi connectivity index (χ0n) is 11.9. The molecule has 0 aliphatic carbocycles. The van der Waals surface area contributed by atoms with Crippen molar-refractivity contribution in [3.05, 3.63) is 23.8 Å². The minimum absolute atomic E-state index is 0.0792. The van der Waals surface area contributed by atoms with Gasteiger partial charge in [-0.15, -0.1) is 11.8 Å². The molecule has 0 fully saturated rings. The third-order valence-electron chi connectivity index (χ3n) is 3.60. The number of rotatable bonds is 2. The minimum atomic E-state index is -0.729. The monoisotopic (exact) mass is 279 g/mol. The van der Waals surface area contributed by atoms with Crippen LogP contribution >= 0.6 is 11.8 Å². The fourth-order valence-corrected chi connectivity index (χ4v) is 3.56. The molecular formula is C15H21NO2S. The van der Waals surface area contributed by atoms with Gasteiger partial charge in [-0.25, -0.2) is 0 Å². The van der Waals surface area contributed by atoms with Crippen LogP contribution in [0.15, 0.2) is 23.1 Å². The Kier molecular flexibility index (Phi) is 3.81. The molecule has 1 heterocycles. The van der Waals surface area contributed by atoms with Gasteiger partial charge in [0.2, 0.25) is 0 Å². The van der Waals surface area contributed by atoms with E-state index in [9.17, 15) is 4.79 Å². The lowest BCUT2D eigenvalue weighted by Gasteiger charge is -2.35. The highest BCUT2D eigenvalue weighted by atomic mass is 32.2. The fraction of sp³-hybridized carbons (Fsp3) is 0.533. The van der Waals surface area contributed by atoms with Crippen molar-refractivity contribution in [1.29, 1.82) is 0 Å². The SMILES string of the molecule is CN1c2ccc(C(C)(C)C)cc2SCC1CC(=O)O. The molecule has 2 rings (SSSR count). The van der Waals surface area contributed by atoms with E-state index in [0.717, 1.165) is 11.4 Å². The maximum atomic E-state index is 10.9. The summed E-state index contributed by atoms with van der Waals surface area (Å²) in [7, 11) is 1.99. The van der Waals surface area contributed by atoms with Crippen molar-refractivity contribution >= 4 is 23.4 Å². The maximum Gasteiger partial charge on any atom is 0.305 e. The normalized spacial score (nSPS) is 19.2. The quantitative estimate of drug-likeness (QED) is 0.901. The first-order valence-electron chi connectivity index (χ1n) is 6.51. The summed E-state index contributed by atoms with van der Waals surface area (Å²) < 4.78 is 0. The fourth-order valence-electron chi connectivity index (χ4n) is 2.28. The highest BCUT2D eigenvalue weighted by molar-refractivity contribution is 7.99. The molecule has 3 nitrogen and oxygen atoms in total. The summed E-state index contributed by atoms with van der Waals surface area (Å²) >= 11 is 1.77. The average molecular weight is 279 g/mol. The van der Waals surface area contributed by atoms with Gasteiger partial charge in [0, 0.05) is 23.7 Å². The number of carboxylic acid groups (broad SMARTS) is 1. The Labute approximate surface area is 119 Å². The molecule has 1 atom stereocenters. The molecule has 1 aromatic carbocycles. The van der Waals surface area contributed by atoms with Crippen LogP contribution in [-0.4, -0.2) is 29.9 Å². The van der Waals surface area contributed by atoms with Crippen LogP contribution in [0.5, 0.6) is 0 Å². The van der Waals surface area contributed by atoms with Gasteiger partial charge in [0.25, 0.3) is 0 Å². The lowest BCUT2D eigenvalue weighted by molar-refractivity contribution is -0.137. The molecular weight excluding hydrogens is 258 g/mol. The first-order valence-corrected chi connectivity index (χ1v) is 7.49. The number of carboxylic acids is 1. The predicted molar refractivity (Wildman–Crippen MR) is 80.3 cm³/mol. The molecule has 0 aromatic heterocycles. The van der Waals surface area contributed by atoms with Crippen LogP contribution in [0, 0.1) is 0 Å². The molecule has 1 aromatic rings. The van der Waals surface area contributed by atoms with E-state index in [-0.39, 0.29) is 17.9 Å². The van der Waals surface area contributed by atoms with Gasteiger partial charge in [-0.05, 0) is 23.1 Å². The lowest BCUT2D eigenvalue weighted by atomic mass is 9.87. The molecule has 0 amide bonds. The number of fused-ring (bicyclic) bond motifs is 1. The summed E-state index contributed by atoms with van der Waals surface area (Å²) in [6, 6.07) is 6.60. The Balaban J connectivity index is 2.28. The molecule has 0 saturated carbocycles. The number of hydrogen-bond acceptors (Lipinski definition) is 3. The standard InChI is InChI=1S/C15H21NO2S/c1-15(2,3)10-5-6-12-13(7-10)19-9-11(16(12)4)8-14(17)18/h5-7,11H,8-9H2,1-4H3,(H,17,18). The van der Waals surface area contributed by atoms with Gasteiger partial charge in [0.15, 0.2) is 0 Å². The minimum Gasteiger partial charge on any atom is -0.481 e. The second kappa shape index (κ2) is 5.08. The van der Waals surface area contributed by atoms with Crippen LogP contribution in [0.25, 0.3) is 0 Å². The van der Waals surface area contributed by atoms with Crippen molar-refractivity contribution in [2.75, 3.05) is 17.7 Å². The van der Waals surface area contributed by atoms with Gasteiger partial charge in [-0.1, -0.05) is 26.8 Å². The molecule has 0 spiro atoms. The zero-order chi connectivity index (χ0) is 14.2. The average Bonchev–Trinajstić information content (AvgIpc) is 2.31. The van der Waals surface area contributed by atoms with Gasteiger partial charge in [0.05, 0.1) is 12.1 Å². The number of thioether (sulfide) groups is 1. The second-order valence-corrected chi connectivity index (χ2v) is 7.17. The molecule has 1 N–H and O–H groups in total. The Hall–Kier alpha value is -1.16. The first kappa shape index (κ1) is 14.3. The number of anilines is 1. The molecule has 1 aliphatic heterocycles. The number of carbonyl (C=O) groups is 1. The summed E-state index contributed by atoms with van der Waals surface area (Å²) in [6.07, 6.45) is 0.198. The molecule has 19 heavy (non-hydrogen) atoms. The molecule has 0 bridgehead atoms. The van der Waals surface area contributed by atoms with E-state index in [4.69, 9.17) is 5.11 Å². The van der Waals surface area contributed by atoms with E-state index in [0.29, 0.717) is 0 Å². The lowest BCUT2D eigenvalue weighted by Crippen LogP contribution is -2.38. The molecule has 0 saturated heterocycles. The highest BCUT2D eigenvalue weighted by Gasteiger charge is 2.27. The molecule has 1 aliphatic rings. The Morgan fingerprint density at radius 1 is 1.47 bits per heavy atom. The highest BCUT2D eigenvalue weighted by Crippen LogP contribution is 2.39. The van der Waals surface area contributed by atoms with Crippen molar-refractivity contribution < 1.29 is 9.90 Å². The van der Waals surface area contributed by atoms with E-state index in [1.165, 1.54) is 10.5 Å². The van der Waals surface area contributed by atoms with Crippen molar-refractivity contribution in [1.82, 2.24) is 0 Å². The molecule has 1 unspecified atom stereocenters. The summed E-state index contributed by atoms with van der Waals surface area (Å²) in [5.74, 6) is 0.107. The largest absolute Gasteiger partial charge is 0.481 e. The summed E-state index contributed by atoms with van der Waals surface area (Å²) in [6.45, 7) is 6.62. The van der Waals surface area contributed by atoms with Crippen molar-refractivity contribution in [3.8, 4) is 0 Å². The van der Waals surface area contributed by atoms with Gasteiger partial charge in [-0.3, -0.25) is 4.79 Å². The molecule has 0 radical (unpaired) electrons. The van der Waals surface area contributed by atoms with Gasteiger partial charge < -0.3 is 10.0 Å². The third-order valence-corrected chi connectivity index (χ3v) is 4.78. The van der Waals surface area contributed by atoms with Gasteiger partial charge in [-0.2, -0.15) is 0 Å². The Morgan fingerprint density at radius 2 is 2.16 bits per heavy atom. The second-order valence-electron chi connectivity index (χ2n) is 6.11. The number of nitrogens with zero attached hydrogens (tertiary/aromatic N) is 1. The Morgan fingerprint density at radius 3 is 2.74 bits per heavy atom. The van der Waals surface area contributed by atoms with Crippen LogP contribution in [0.2, 0.25) is 0 Å². The van der Waals surface area contributed by atoms with Crippen LogP contribution in [0.4, 0.5) is 5.69 Å². The van der Waals surface area contributed by atoms with E-state index in [2.05, 4.69) is 43.9 Å². The van der Waals surface area contributed by atoms with Crippen LogP contribution in [0.3, 0.4) is 0 Å². The summed E-state index contributed by atoms with van der Waals surface area (Å²) in [5, 5.41) is 8.95. The number of benzene rings is 1. The third kappa shape index (κ3) is 3.06.